The van der Waals surface area contributed by atoms with Gasteiger partial charge < -0.3 is 7.10 Å². The van der Waals surface area contributed by atoms with Crippen LogP contribution in [-0.2, 0) is 0 Å². The van der Waals surface area contributed by atoms with Crippen LogP contribution < -0.4 is 10.8 Å². The zero-order valence-corrected chi connectivity index (χ0v) is 32.3. The minimum Gasteiger partial charge on any atom is -0.385 e. The van der Waals surface area contributed by atoms with Crippen LogP contribution in [0.4, 0.5) is 11.6 Å². The van der Waals surface area contributed by atoms with E-state index < -0.39 is 13.7 Å². The third kappa shape index (κ3) is 4.36. The third-order valence-electron chi connectivity index (χ3n) is 8.97. The summed E-state index contributed by atoms with van der Waals surface area (Å²) in [6, 6.07) is 13.8. The molecule has 0 atom stereocenters. The number of halogens is 9. The lowest BCUT2D eigenvalue weighted by Crippen LogP contribution is -2.43. The molecule has 0 spiro atoms. The number of hydrogen-bond donors (Lipinski definition) is 0. The van der Waals surface area contributed by atoms with E-state index >= 15 is 0 Å². The summed E-state index contributed by atoms with van der Waals surface area (Å²) < 4.78 is 3.83. The van der Waals surface area contributed by atoms with Gasteiger partial charge in [-0.1, -0.05) is 92.8 Å². The van der Waals surface area contributed by atoms with E-state index in [0.29, 0.717) is 124 Å². The molecule has 2 aromatic heterocycles. The SMILES string of the molecule is Clc1cc2c3[n]4c(c2cc1Cl)N=C1N=C(N=c2c5cc(Cl)c(Cl)cc5c([n]2[Al]4[Cl])=CC2=NC(=N3)c3c(Cl)ccc(Cl)c32)c2c(Cl)ccc(Cl)c21. The Morgan fingerprint density at radius 1 is 0.440 bits per heavy atom. The summed E-state index contributed by atoms with van der Waals surface area (Å²) in [5.74, 6) is 1.73. The average Bonchev–Trinajstić information content (AvgIpc) is 3.78. The Morgan fingerprint density at radius 2 is 0.880 bits per heavy atom. The fraction of sp³-hybridized carbons (Fsp3) is 0. The molecule has 0 N–H and O–H groups in total. The molecule has 7 nitrogen and oxygen atoms in total. The van der Waals surface area contributed by atoms with Crippen molar-refractivity contribution in [3.63, 3.8) is 0 Å². The quantitative estimate of drug-likeness (QED) is 0.137. The Hall–Kier alpha value is -2.55. The van der Waals surface area contributed by atoms with E-state index in [2.05, 4.69) is 0 Å². The highest BCUT2D eigenvalue weighted by atomic mass is 35.6. The Labute approximate surface area is 330 Å². The van der Waals surface area contributed by atoms with E-state index in [9.17, 15) is 0 Å². The van der Waals surface area contributed by atoms with Crippen LogP contribution in [0.3, 0.4) is 0 Å². The van der Waals surface area contributed by atoms with Crippen molar-refractivity contribution in [3.8, 4) is 0 Å². The number of hydrogen-bond acceptors (Lipinski definition) is 5. The van der Waals surface area contributed by atoms with Gasteiger partial charge in [0.1, 0.15) is 17.1 Å². The van der Waals surface area contributed by atoms with Gasteiger partial charge in [-0.15, -0.1) is 0 Å². The predicted molar refractivity (Wildman–Crippen MR) is 210 cm³/mol. The van der Waals surface area contributed by atoms with Crippen molar-refractivity contribution in [2.75, 3.05) is 0 Å². The molecule has 0 fully saturated rings. The molecule has 6 heterocycles. The smallest absolute Gasteiger partial charge is 0.385 e. The molecule has 6 aromatic rings. The number of fused-ring (bicyclic) bond motifs is 14. The van der Waals surface area contributed by atoms with E-state index in [1.807, 2.05) is 13.2 Å². The van der Waals surface area contributed by atoms with Crippen LogP contribution >= 0.6 is 103 Å². The zero-order chi connectivity index (χ0) is 34.5. The van der Waals surface area contributed by atoms with Crippen molar-refractivity contribution in [1.29, 1.82) is 0 Å². The topological polar surface area (TPSA) is 71.7 Å². The van der Waals surface area contributed by atoms with Crippen LogP contribution in [0.5, 0.6) is 0 Å². The van der Waals surface area contributed by atoms with Gasteiger partial charge in [-0.25, -0.2) is 25.0 Å². The monoisotopic (exact) mass is 845 g/mol. The van der Waals surface area contributed by atoms with Crippen molar-refractivity contribution in [3.05, 3.63) is 122 Å². The summed E-state index contributed by atoms with van der Waals surface area (Å²) in [7, 11) is 7.84. The molecule has 4 aliphatic heterocycles. The van der Waals surface area contributed by atoms with Crippen LogP contribution in [0, 0.1) is 0 Å². The van der Waals surface area contributed by atoms with Crippen LogP contribution in [-0.4, -0.2) is 44.0 Å². The van der Waals surface area contributed by atoms with Gasteiger partial charge in [0, 0.05) is 38.0 Å². The van der Waals surface area contributed by atoms with Crippen LogP contribution in [0.15, 0.2) is 73.5 Å². The average molecular weight is 850 g/mol. The molecule has 10 rings (SSSR count). The molecule has 242 valence electrons. The maximum Gasteiger partial charge on any atom is 0.721 e. The molecular weight excluding hydrogens is 840 g/mol. The Balaban J connectivity index is 1.52. The summed E-state index contributed by atoms with van der Waals surface area (Å²) in [5, 5.41) is 6.11. The van der Waals surface area contributed by atoms with Gasteiger partial charge in [0.2, 0.25) is 0 Å². The van der Waals surface area contributed by atoms with Gasteiger partial charge in [-0.05, 0) is 54.6 Å². The fourth-order valence-electron chi connectivity index (χ4n) is 6.84. The molecule has 0 saturated carbocycles. The minimum absolute atomic E-state index is 0.278. The second-order valence-electron chi connectivity index (χ2n) is 11.6. The van der Waals surface area contributed by atoms with Crippen molar-refractivity contribution >= 4 is 179 Å². The maximum atomic E-state index is 7.84. The molecule has 0 radical (unpaired) electrons. The Bertz CT molecular complexity index is 2750. The van der Waals surface area contributed by atoms with Crippen molar-refractivity contribution in [2.24, 2.45) is 25.0 Å². The van der Waals surface area contributed by atoms with Gasteiger partial charge in [0.15, 0.2) is 17.5 Å². The first-order chi connectivity index (χ1) is 24.0. The van der Waals surface area contributed by atoms with Gasteiger partial charge in [-0.3, -0.25) is 0 Å². The molecule has 50 heavy (non-hydrogen) atoms. The van der Waals surface area contributed by atoms with Crippen molar-refractivity contribution in [2.45, 2.75) is 0 Å². The standard InChI is InChI=1S/C33H9Cl8N7.Al.ClH/c34-14-1-2-15(35)25-24(14)23-9-22-10-5-18(38)19(39)6-11(10)28(42-22)45-32-26-16(36)3-4-17(37)27(26)33(48-32)47-30-13-8-21(41)20(40)7-12(13)29(44-30)46-31(25)43-23;;/h1-9H;;1H/q-2;+3;/p-1. The molecule has 4 aliphatic rings. The molecule has 0 unspecified atom stereocenters. The highest BCUT2D eigenvalue weighted by molar-refractivity contribution is 7.05. The van der Waals surface area contributed by atoms with E-state index in [1.165, 1.54) is 0 Å². The van der Waals surface area contributed by atoms with Crippen molar-refractivity contribution < 1.29 is 0 Å². The molecular formula is C33H9AlCl9N7. The second kappa shape index (κ2) is 11.2. The number of amidine groups is 3. The lowest BCUT2D eigenvalue weighted by Gasteiger charge is -2.15. The largest absolute Gasteiger partial charge is 0.721 e. The lowest BCUT2D eigenvalue weighted by atomic mass is 10.0. The summed E-state index contributed by atoms with van der Waals surface area (Å²) in [6.07, 6.45) is 1.88. The van der Waals surface area contributed by atoms with Gasteiger partial charge in [0.25, 0.3) is 0 Å². The van der Waals surface area contributed by atoms with E-state index in [0.717, 1.165) is 0 Å². The normalized spacial score (nSPS) is 15.3. The summed E-state index contributed by atoms with van der Waals surface area (Å²) in [5.41, 5.74) is 3.17. The molecule has 0 saturated heterocycles. The van der Waals surface area contributed by atoms with Gasteiger partial charge in [-0.2, -0.15) is 10.0 Å². The lowest BCUT2D eigenvalue weighted by molar-refractivity contribution is 1.01. The van der Waals surface area contributed by atoms with Gasteiger partial charge >= 0.3 is 13.7 Å². The summed E-state index contributed by atoms with van der Waals surface area (Å²) in [4.78, 5) is 25.4. The van der Waals surface area contributed by atoms with Crippen molar-refractivity contribution in [1.82, 2.24) is 7.10 Å². The number of nitrogens with zero attached hydrogens (tertiary/aromatic N) is 7. The second-order valence-corrected chi connectivity index (χ2v) is 17.7. The van der Waals surface area contributed by atoms with Gasteiger partial charge in [0.05, 0.1) is 57.0 Å². The predicted octanol–water partition coefficient (Wildman–Crippen LogP) is 10.6. The first-order valence-electron chi connectivity index (χ1n) is 14.6. The summed E-state index contributed by atoms with van der Waals surface area (Å²) in [6.45, 7) is 0. The Morgan fingerprint density at radius 3 is 1.44 bits per heavy atom. The number of benzene rings is 4. The van der Waals surface area contributed by atoms with E-state index in [1.54, 1.807) is 48.5 Å². The zero-order valence-electron chi connectivity index (χ0n) is 24.3. The first kappa shape index (κ1) is 32.1. The van der Waals surface area contributed by atoms with E-state index in [-0.39, 0.29) is 5.84 Å². The molecule has 4 aromatic carbocycles. The first-order valence-corrected chi connectivity index (χ1v) is 20.4. The number of aliphatic imine (C=N–C) groups is 4. The molecule has 0 aliphatic carbocycles. The highest BCUT2D eigenvalue weighted by Gasteiger charge is 2.39. The fourth-order valence-corrected chi connectivity index (χ4v) is 11.5. The maximum absolute atomic E-state index is 7.84. The Kier molecular flexibility index (Phi) is 7.21. The molecule has 0 amide bonds. The van der Waals surface area contributed by atoms with Crippen LogP contribution in [0.25, 0.3) is 27.6 Å². The third-order valence-corrected chi connectivity index (χ3v) is 14.7. The minimum atomic E-state index is -3.07. The van der Waals surface area contributed by atoms with Crippen LogP contribution in [0.2, 0.25) is 40.2 Å². The van der Waals surface area contributed by atoms with Crippen LogP contribution in [0.1, 0.15) is 22.3 Å². The summed E-state index contributed by atoms with van der Waals surface area (Å²) >= 11 is 51.0. The van der Waals surface area contributed by atoms with E-state index in [4.69, 9.17) is 128 Å². The highest BCUT2D eigenvalue weighted by Crippen LogP contribution is 2.46. The number of rotatable bonds is 0. The number of aromatic nitrogens is 2. The molecule has 6 bridgehead atoms. The molecule has 17 heteroatoms.